The average molecular weight is 381 g/mol. The van der Waals surface area contributed by atoms with Gasteiger partial charge >= 0.3 is 0 Å². The number of carbonyl (C=O) groups excluding carboxylic acids is 2. The van der Waals surface area contributed by atoms with Gasteiger partial charge in [-0.1, -0.05) is 24.3 Å². The lowest BCUT2D eigenvalue weighted by molar-refractivity contribution is 0.0634. The molecular weight excluding hydrogens is 354 g/mol. The predicted molar refractivity (Wildman–Crippen MR) is 108 cm³/mol. The molecule has 0 saturated carbocycles. The number of piperidine rings is 1. The number of likely N-dealkylation sites (tertiary alicyclic amines) is 1. The molecule has 0 aliphatic carbocycles. The number of nitrogens with zero attached hydrogens (tertiary/aromatic N) is 1. The quantitative estimate of drug-likeness (QED) is 0.788. The molecule has 1 fully saturated rings. The Bertz CT molecular complexity index is 875. The molecule has 1 aliphatic rings. The van der Waals surface area contributed by atoms with Crippen molar-refractivity contribution in [2.24, 2.45) is 5.92 Å². The lowest BCUT2D eigenvalue weighted by atomic mass is 9.89. The summed E-state index contributed by atoms with van der Waals surface area (Å²) >= 11 is 0. The molecule has 148 valence electrons. The van der Waals surface area contributed by atoms with Gasteiger partial charge in [0.05, 0.1) is 11.7 Å². The number of aryl methyl sites for hydroxylation is 1. The summed E-state index contributed by atoms with van der Waals surface area (Å²) in [6.07, 6.45) is 1.55. The number of carbonyl (C=O) groups is 2. The van der Waals surface area contributed by atoms with Gasteiger partial charge in [0.1, 0.15) is 11.5 Å². The minimum Gasteiger partial charge on any atom is -0.507 e. The van der Waals surface area contributed by atoms with Gasteiger partial charge in [-0.3, -0.25) is 9.59 Å². The van der Waals surface area contributed by atoms with Crippen LogP contribution in [-0.4, -0.2) is 40.9 Å². The van der Waals surface area contributed by atoms with E-state index < -0.39 is 0 Å². The molecular formula is C23H27NO4. The standard InChI is InChI=1S/C23H27NO4/c1-15(2)28-19-10-5-8-17(13-19)22(26)18-9-6-12-24(14-18)23(27)20-11-4-7-16(3)21(20)25/h4-5,7-8,10-11,13,15,18,25H,6,9,12,14H2,1-3H3/t18-/m0/s1. The summed E-state index contributed by atoms with van der Waals surface area (Å²) in [5.41, 5.74) is 1.56. The maximum Gasteiger partial charge on any atom is 0.257 e. The van der Waals surface area contributed by atoms with Crippen LogP contribution in [0.4, 0.5) is 0 Å². The van der Waals surface area contributed by atoms with Crippen LogP contribution in [0.2, 0.25) is 0 Å². The van der Waals surface area contributed by atoms with Gasteiger partial charge in [-0.15, -0.1) is 0 Å². The number of benzene rings is 2. The van der Waals surface area contributed by atoms with Crippen molar-refractivity contribution in [1.82, 2.24) is 4.90 Å². The first-order valence-electron chi connectivity index (χ1n) is 9.75. The fraction of sp³-hybridized carbons (Fsp3) is 0.391. The highest BCUT2D eigenvalue weighted by Crippen LogP contribution is 2.27. The van der Waals surface area contributed by atoms with Crippen molar-refractivity contribution >= 4 is 11.7 Å². The number of phenols is 1. The second-order valence-corrected chi connectivity index (χ2v) is 7.62. The monoisotopic (exact) mass is 381 g/mol. The number of ether oxygens (including phenoxy) is 1. The van der Waals surface area contributed by atoms with E-state index in [0.717, 1.165) is 12.8 Å². The van der Waals surface area contributed by atoms with Crippen LogP contribution in [0.1, 0.15) is 53.0 Å². The van der Waals surface area contributed by atoms with Crippen molar-refractivity contribution in [2.45, 2.75) is 39.7 Å². The van der Waals surface area contributed by atoms with Gasteiger partial charge in [0.25, 0.3) is 5.91 Å². The molecule has 3 rings (SSSR count). The largest absolute Gasteiger partial charge is 0.507 e. The van der Waals surface area contributed by atoms with Gasteiger partial charge < -0.3 is 14.7 Å². The van der Waals surface area contributed by atoms with Crippen LogP contribution in [0.15, 0.2) is 42.5 Å². The number of hydrogen-bond acceptors (Lipinski definition) is 4. The Hall–Kier alpha value is -2.82. The van der Waals surface area contributed by atoms with E-state index in [1.807, 2.05) is 26.0 Å². The molecule has 0 bridgehead atoms. The minimum atomic E-state index is -0.251. The Morgan fingerprint density at radius 1 is 1.18 bits per heavy atom. The van der Waals surface area contributed by atoms with Crippen LogP contribution < -0.4 is 4.74 Å². The zero-order valence-electron chi connectivity index (χ0n) is 16.6. The van der Waals surface area contributed by atoms with Crippen LogP contribution >= 0.6 is 0 Å². The molecule has 1 amide bonds. The summed E-state index contributed by atoms with van der Waals surface area (Å²) in [6.45, 7) is 6.60. The van der Waals surface area contributed by atoms with Crippen LogP contribution in [0.3, 0.4) is 0 Å². The highest BCUT2D eigenvalue weighted by molar-refractivity contribution is 6.00. The van der Waals surface area contributed by atoms with Crippen LogP contribution in [0, 0.1) is 12.8 Å². The summed E-state index contributed by atoms with van der Waals surface area (Å²) in [5.74, 6) is 0.239. The maximum absolute atomic E-state index is 13.0. The van der Waals surface area contributed by atoms with Gasteiger partial charge in [0, 0.05) is 24.6 Å². The minimum absolute atomic E-state index is 0.0134. The average Bonchev–Trinajstić information content (AvgIpc) is 2.69. The number of aromatic hydroxyl groups is 1. The maximum atomic E-state index is 13.0. The molecule has 5 nitrogen and oxygen atoms in total. The summed E-state index contributed by atoms with van der Waals surface area (Å²) in [7, 11) is 0. The molecule has 0 spiro atoms. The number of ketones is 1. The Kier molecular flexibility index (Phi) is 6.02. The zero-order valence-corrected chi connectivity index (χ0v) is 16.6. The summed E-state index contributed by atoms with van der Waals surface area (Å²) in [4.78, 5) is 27.6. The molecule has 5 heteroatoms. The fourth-order valence-electron chi connectivity index (χ4n) is 3.61. The van der Waals surface area contributed by atoms with Gasteiger partial charge in [0.2, 0.25) is 0 Å². The SMILES string of the molecule is Cc1cccc(C(=O)N2CCC[C@H](C(=O)c3cccc(OC(C)C)c3)C2)c1O. The Morgan fingerprint density at radius 2 is 1.93 bits per heavy atom. The van der Waals surface area contributed by atoms with Crippen molar-refractivity contribution in [2.75, 3.05) is 13.1 Å². The van der Waals surface area contributed by atoms with E-state index in [9.17, 15) is 14.7 Å². The van der Waals surface area contributed by atoms with Crippen molar-refractivity contribution in [1.29, 1.82) is 0 Å². The molecule has 1 heterocycles. The van der Waals surface area contributed by atoms with E-state index in [2.05, 4.69) is 0 Å². The molecule has 2 aromatic rings. The number of Topliss-reactive ketones (excluding diaryl/α,β-unsaturated/α-hetero) is 1. The topological polar surface area (TPSA) is 66.8 Å². The highest BCUT2D eigenvalue weighted by atomic mass is 16.5. The summed E-state index contributed by atoms with van der Waals surface area (Å²) in [5, 5.41) is 10.2. The normalized spacial score (nSPS) is 16.9. The van der Waals surface area contributed by atoms with E-state index in [0.29, 0.717) is 35.5 Å². The van der Waals surface area contributed by atoms with Crippen LogP contribution in [-0.2, 0) is 0 Å². The first-order valence-corrected chi connectivity index (χ1v) is 9.75. The third-order valence-electron chi connectivity index (χ3n) is 5.04. The van der Waals surface area contributed by atoms with E-state index in [1.54, 1.807) is 42.2 Å². The van der Waals surface area contributed by atoms with Crippen LogP contribution in [0.25, 0.3) is 0 Å². The van der Waals surface area contributed by atoms with Crippen molar-refractivity contribution in [3.8, 4) is 11.5 Å². The highest BCUT2D eigenvalue weighted by Gasteiger charge is 2.30. The third kappa shape index (κ3) is 4.35. The molecule has 1 N–H and O–H groups in total. The zero-order chi connectivity index (χ0) is 20.3. The first-order chi connectivity index (χ1) is 13.4. The van der Waals surface area contributed by atoms with Crippen LogP contribution in [0.5, 0.6) is 11.5 Å². The molecule has 2 aromatic carbocycles. The number of rotatable bonds is 5. The second-order valence-electron chi connectivity index (χ2n) is 7.62. The second kappa shape index (κ2) is 8.46. The van der Waals surface area contributed by atoms with Gasteiger partial charge in [-0.2, -0.15) is 0 Å². The van der Waals surface area contributed by atoms with Gasteiger partial charge in [0.15, 0.2) is 5.78 Å². The summed E-state index contributed by atoms with van der Waals surface area (Å²) < 4.78 is 5.69. The Labute approximate surface area is 165 Å². The molecule has 0 unspecified atom stereocenters. The summed E-state index contributed by atoms with van der Waals surface area (Å²) in [6, 6.07) is 12.4. The van der Waals surface area contributed by atoms with Crippen molar-refractivity contribution < 1.29 is 19.4 Å². The predicted octanol–water partition coefficient (Wildman–Crippen LogP) is 4.22. The van der Waals surface area contributed by atoms with Gasteiger partial charge in [-0.05, 0) is 57.4 Å². The smallest absolute Gasteiger partial charge is 0.257 e. The van der Waals surface area contributed by atoms with E-state index in [1.165, 1.54) is 0 Å². The Balaban J connectivity index is 1.75. The molecule has 1 aliphatic heterocycles. The van der Waals surface area contributed by atoms with Crippen molar-refractivity contribution in [3.63, 3.8) is 0 Å². The molecule has 1 saturated heterocycles. The molecule has 0 radical (unpaired) electrons. The van der Waals surface area contributed by atoms with Crippen molar-refractivity contribution in [3.05, 3.63) is 59.2 Å². The fourth-order valence-corrected chi connectivity index (χ4v) is 3.61. The first kappa shape index (κ1) is 19.9. The molecule has 1 atom stereocenters. The third-order valence-corrected chi connectivity index (χ3v) is 5.04. The molecule has 28 heavy (non-hydrogen) atoms. The number of phenolic OH excluding ortho intramolecular Hbond substituents is 1. The number of amides is 1. The van der Waals surface area contributed by atoms with E-state index in [-0.39, 0.29) is 29.5 Å². The number of hydrogen-bond donors (Lipinski definition) is 1. The molecule has 0 aromatic heterocycles. The van der Waals surface area contributed by atoms with E-state index >= 15 is 0 Å². The lowest BCUT2D eigenvalue weighted by Crippen LogP contribution is -2.42. The van der Waals surface area contributed by atoms with E-state index in [4.69, 9.17) is 4.74 Å². The van der Waals surface area contributed by atoms with Gasteiger partial charge in [-0.25, -0.2) is 0 Å². The Morgan fingerprint density at radius 3 is 2.68 bits per heavy atom. The number of para-hydroxylation sites is 1. The lowest BCUT2D eigenvalue weighted by Gasteiger charge is -2.32.